The summed E-state index contributed by atoms with van der Waals surface area (Å²) >= 11 is 0. The highest BCUT2D eigenvalue weighted by Gasteiger charge is 2.35. The van der Waals surface area contributed by atoms with E-state index in [2.05, 4.69) is 5.32 Å². The quantitative estimate of drug-likeness (QED) is 0.326. The van der Waals surface area contributed by atoms with Gasteiger partial charge in [-0.1, -0.05) is 35.9 Å². The summed E-state index contributed by atoms with van der Waals surface area (Å²) in [4.78, 5) is 27.9. The second kappa shape index (κ2) is 13.3. The maximum absolute atomic E-state index is 13.9. The van der Waals surface area contributed by atoms with Gasteiger partial charge in [0.05, 0.1) is 23.3 Å². The Bertz CT molecular complexity index is 1490. The number of carbonyl (C=O) groups is 2. The molecule has 0 spiro atoms. The van der Waals surface area contributed by atoms with Crippen LogP contribution in [0.1, 0.15) is 37.5 Å². The number of benzene rings is 3. The van der Waals surface area contributed by atoms with Crippen molar-refractivity contribution in [2.24, 2.45) is 0 Å². The predicted molar refractivity (Wildman–Crippen MR) is 153 cm³/mol. The molecule has 3 aromatic rings. The number of halogens is 3. The Morgan fingerprint density at radius 1 is 0.952 bits per heavy atom. The summed E-state index contributed by atoms with van der Waals surface area (Å²) in [6.07, 6.45) is -4.75. The van der Waals surface area contributed by atoms with Gasteiger partial charge in [0.15, 0.2) is 0 Å². The lowest BCUT2D eigenvalue weighted by molar-refractivity contribution is -0.139. The molecule has 0 heterocycles. The minimum absolute atomic E-state index is 0.0729. The van der Waals surface area contributed by atoms with Gasteiger partial charge in [0.2, 0.25) is 11.8 Å². The van der Waals surface area contributed by atoms with Crippen LogP contribution in [-0.4, -0.2) is 50.9 Å². The molecule has 1 N–H and O–H groups in total. The number of rotatable bonds is 11. The molecule has 0 fully saturated rings. The standard InChI is InChI=1S/C30H34F3N3O5S/c1-20(2)34-29(38)22(4)35(18-23-11-13-26(41-5)14-12-23)28(37)19-36(25-8-6-7-24(17-25)30(31,32)33)42(39,40)27-15-9-21(3)10-16-27/h6-17,20,22H,18-19H2,1-5H3,(H,34,38)/t22-/m1/s1. The molecule has 12 heteroatoms. The highest BCUT2D eigenvalue weighted by molar-refractivity contribution is 7.92. The third-order valence-corrected chi connectivity index (χ3v) is 8.25. The van der Waals surface area contributed by atoms with Gasteiger partial charge in [-0.25, -0.2) is 8.42 Å². The predicted octanol–water partition coefficient (Wildman–Crippen LogP) is 5.16. The summed E-state index contributed by atoms with van der Waals surface area (Å²) in [5, 5.41) is 2.74. The lowest BCUT2D eigenvalue weighted by atomic mass is 10.1. The van der Waals surface area contributed by atoms with Gasteiger partial charge in [-0.3, -0.25) is 13.9 Å². The van der Waals surface area contributed by atoms with Crippen molar-refractivity contribution in [2.45, 2.75) is 57.4 Å². The van der Waals surface area contributed by atoms with Gasteiger partial charge in [0, 0.05) is 12.6 Å². The Morgan fingerprint density at radius 3 is 2.12 bits per heavy atom. The highest BCUT2D eigenvalue weighted by atomic mass is 32.2. The normalized spacial score (nSPS) is 12.5. The van der Waals surface area contributed by atoms with Crippen LogP contribution in [0.2, 0.25) is 0 Å². The molecule has 8 nitrogen and oxygen atoms in total. The van der Waals surface area contributed by atoms with E-state index in [4.69, 9.17) is 4.74 Å². The number of sulfonamides is 1. The zero-order valence-corrected chi connectivity index (χ0v) is 24.8. The van der Waals surface area contributed by atoms with Crippen molar-refractivity contribution in [3.8, 4) is 5.75 Å². The van der Waals surface area contributed by atoms with E-state index in [9.17, 15) is 31.2 Å². The van der Waals surface area contributed by atoms with Crippen LogP contribution in [0.3, 0.4) is 0 Å². The molecule has 0 aromatic heterocycles. The first-order valence-corrected chi connectivity index (χ1v) is 14.6. The zero-order chi connectivity index (χ0) is 31.2. The number of methoxy groups -OCH3 is 1. The molecule has 226 valence electrons. The van der Waals surface area contributed by atoms with Crippen molar-refractivity contribution in [3.05, 3.63) is 89.5 Å². The van der Waals surface area contributed by atoms with Crippen LogP contribution < -0.4 is 14.4 Å². The average Bonchev–Trinajstić information content (AvgIpc) is 2.93. The molecule has 0 aliphatic heterocycles. The number of amides is 2. The fourth-order valence-electron chi connectivity index (χ4n) is 4.12. The minimum atomic E-state index is -4.75. The third-order valence-electron chi connectivity index (χ3n) is 6.46. The van der Waals surface area contributed by atoms with E-state index in [0.717, 1.165) is 17.7 Å². The number of carbonyl (C=O) groups excluding carboxylic acids is 2. The Morgan fingerprint density at radius 2 is 1.57 bits per heavy atom. The van der Waals surface area contributed by atoms with E-state index in [1.165, 1.54) is 37.1 Å². The van der Waals surface area contributed by atoms with Crippen LogP contribution in [-0.2, 0) is 32.3 Å². The Labute approximate surface area is 244 Å². The van der Waals surface area contributed by atoms with Crippen molar-refractivity contribution in [1.29, 1.82) is 0 Å². The maximum atomic E-state index is 13.9. The van der Waals surface area contributed by atoms with Gasteiger partial charge in [0.25, 0.3) is 10.0 Å². The first kappa shape index (κ1) is 32.5. The van der Waals surface area contributed by atoms with E-state index in [0.29, 0.717) is 21.7 Å². The first-order chi connectivity index (χ1) is 19.6. The van der Waals surface area contributed by atoms with E-state index in [1.807, 2.05) is 0 Å². The lowest BCUT2D eigenvalue weighted by Crippen LogP contribution is -2.52. The van der Waals surface area contributed by atoms with Crippen LogP contribution in [0.5, 0.6) is 5.75 Å². The summed E-state index contributed by atoms with van der Waals surface area (Å²) in [5.74, 6) is -0.689. The SMILES string of the molecule is COc1ccc(CN(C(=O)CN(c2cccc(C(F)(F)F)c2)S(=O)(=O)c2ccc(C)cc2)[C@H](C)C(=O)NC(C)C)cc1. The lowest BCUT2D eigenvalue weighted by Gasteiger charge is -2.32. The van der Waals surface area contributed by atoms with Crippen LogP contribution in [0.25, 0.3) is 0 Å². The van der Waals surface area contributed by atoms with Crippen molar-refractivity contribution in [3.63, 3.8) is 0 Å². The molecule has 0 aliphatic rings. The third kappa shape index (κ3) is 8.03. The molecular formula is C30H34F3N3O5S. The second-order valence-corrected chi connectivity index (χ2v) is 11.9. The number of hydrogen-bond donors (Lipinski definition) is 1. The topological polar surface area (TPSA) is 96.0 Å². The number of nitrogens with zero attached hydrogens (tertiary/aromatic N) is 2. The first-order valence-electron chi connectivity index (χ1n) is 13.1. The summed E-state index contributed by atoms with van der Waals surface area (Å²) in [6.45, 7) is 5.84. The van der Waals surface area contributed by atoms with Gasteiger partial charge in [-0.15, -0.1) is 0 Å². The molecular weight excluding hydrogens is 571 g/mol. The maximum Gasteiger partial charge on any atom is 0.416 e. The number of ether oxygens (including phenoxy) is 1. The molecule has 0 unspecified atom stereocenters. The van der Waals surface area contributed by atoms with E-state index >= 15 is 0 Å². The summed E-state index contributed by atoms with van der Waals surface area (Å²) in [6, 6.07) is 15.0. The van der Waals surface area contributed by atoms with Crippen LogP contribution >= 0.6 is 0 Å². The second-order valence-electron chi connectivity index (χ2n) is 10.1. The van der Waals surface area contributed by atoms with E-state index < -0.39 is 46.2 Å². The van der Waals surface area contributed by atoms with E-state index in [1.54, 1.807) is 57.2 Å². The van der Waals surface area contributed by atoms with Crippen molar-refractivity contribution >= 4 is 27.5 Å². The molecule has 0 aliphatic carbocycles. The Hall–Kier alpha value is -4.06. The van der Waals surface area contributed by atoms with Crippen molar-refractivity contribution in [1.82, 2.24) is 10.2 Å². The molecule has 0 bridgehead atoms. The number of anilines is 1. The summed E-state index contributed by atoms with van der Waals surface area (Å²) in [5.41, 5.74) is -0.0228. The Balaban J connectivity index is 2.08. The molecule has 42 heavy (non-hydrogen) atoms. The number of alkyl halides is 3. The van der Waals surface area contributed by atoms with Crippen LogP contribution in [0, 0.1) is 6.92 Å². The van der Waals surface area contributed by atoms with Crippen molar-refractivity contribution < 1.29 is 35.9 Å². The van der Waals surface area contributed by atoms with Crippen molar-refractivity contribution in [2.75, 3.05) is 18.0 Å². The summed E-state index contributed by atoms with van der Waals surface area (Å²) in [7, 11) is -3.01. The molecule has 2 amide bonds. The van der Waals surface area contributed by atoms with Gasteiger partial charge in [-0.05, 0) is 75.7 Å². The van der Waals surface area contributed by atoms with Crippen LogP contribution in [0.15, 0.2) is 77.7 Å². The molecule has 0 saturated heterocycles. The fourth-order valence-corrected chi connectivity index (χ4v) is 5.52. The molecule has 3 aromatic carbocycles. The average molecular weight is 606 g/mol. The van der Waals surface area contributed by atoms with Crippen LogP contribution in [0.4, 0.5) is 18.9 Å². The van der Waals surface area contributed by atoms with Gasteiger partial charge in [0.1, 0.15) is 18.3 Å². The zero-order valence-electron chi connectivity index (χ0n) is 24.0. The molecule has 1 atom stereocenters. The number of hydrogen-bond acceptors (Lipinski definition) is 5. The largest absolute Gasteiger partial charge is 0.497 e. The fraction of sp³-hybridized carbons (Fsp3) is 0.333. The van der Waals surface area contributed by atoms with Gasteiger partial charge in [-0.2, -0.15) is 13.2 Å². The molecule has 0 radical (unpaired) electrons. The van der Waals surface area contributed by atoms with E-state index in [-0.39, 0.29) is 23.2 Å². The smallest absolute Gasteiger partial charge is 0.416 e. The van der Waals surface area contributed by atoms with Gasteiger partial charge < -0.3 is 15.0 Å². The number of nitrogens with one attached hydrogen (secondary N) is 1. The highest BCUT2D eigenvalue weighted by Crippen LogP contribution is 2.33. The summed E-state index contributed by atoms with van der Waals surface area (Å²) < 4.78 is 74.2. The minimum Gasteiger partial charge on any atom is -0.497 e. The molecule has 3 rings (SSSR count). The number of aryl methyl sites for hydroxylation is 1. The Kier molecular flexibility index (Phi) is 10.3. The monoisotopic (exact) mass is 605 g/mol. The molecule has 0 saturated carbocycles. The van der Waals surface area contributed by atoms with Gasteiger partial charge >= 0.3 is 6.18 Å².